The number of unbranched alkanes of at least 4 members (excludes halogenated alkanes) is 1. The smallest absolute Gasteiger partial charge is 0.308 e. The molecule has 5 heteroatoms. The van der Waals surface area contributed by atoms with Crippen LogP contribution in [0.2, 0.25) is 0 Å². The number of likely N-dealkylation sites (tertiary alicyclic amines) is 1. The van der Waals surface area contributed by atoms with E-state index < -0.39 is 5.97 Å². The summed E-state index contributed by atoms with van der Waals surface area (Å²) in [5, 5.41) is 8.84. The maximum Gasteiger partial charge on any atom is 0.308 e. The molecule has 1 saturated heterocycles. The standard InChI is InChI=1S/C12H21NO3S/c1-2-3-7-17-8-5-11(14)13-6-4-10(9-13)12(15)16/h10H,2-9H2,1H3,(H,15,16). The zero-order valence-corrected chi connectivity index (χ0v) is 11.2. The van der Waals surface area contributed by atoms with Gasteiger partial charge in [0.05, 0.1) is 5.92 Å². The molecule has 0 aliphatic carbocycles. The van der Waals surface area contributed by atoms with Gasteiger partial charge in [-0.3, -0.25) is 9.59 Å². The molecule has 17 heavy (non-hydrogen) atoms. The lowest BCUT2D eigenvalue weighted by molar-refractivity contribution is -0.141. The minimum Gasteiger partial charge on any atom is -0.481 e. The minimum absolute atomic E-state index is 0.109. The number of hydrogen-bond donors (Lipinski definition) is 1. The molecule has 0 aromatic carbocycles. The van der Waals surface area contributed by atoms with Gasteiger partial charge in [-0.05, 0) is 18.6 Å². The largest absolute Gasteiger partial charge is 0.481 e. The lowest BCUT2D eigenvalue weighted by Crippen LogP contribution is -2.30. The van der Waals surface area contributed by atoms with Gasteiger partial charge >= 0.3 is 5.97 Å². The molecule has 98 valence electrons. The Bertz CT molecular complexity index is 270. The number of carbonyl (C=O) groups is 2. The highest BCUT2D eigenvalue weighted by Crippen LogP contribution is 2.18. The number of thioether (sulfide) groups is 1. The van der Waals surface area contributed by atoms with Crippen molar-refractivity contribution in [3.8, 4) is 0 Å². The van der Waals surface area contributed by atoms with Crippen molar-refractivity contribution in [2.45, 2.75) is 32.6 Å². The summed E-state index contributed by atoms with van der Waals surface area (Å²) in [6, 6.07) is 0. The molecule has 1 aliphatic rings. The first-order valence-electron chi connectivity index (χ1n) is 6.23. The molecule has 1 rings (SSSR count). The lowest BCUT2D eigenvalue weighted by atomic mass is 10.1. The summed E-state index contributed by atoms with van der Waals surface area (Å²) >= 11 is 1.81. The van der Waals surface area contributed by atoms with Gasteiger partial charge in [0.1, 0.15) is 0 Å². The SMILES string of the molecule is CCCCSCCC(=O)N1CCC(C(=O)O)C1. The van der Waals surface area contributed by atoms with Crippen molar-refractivity contribution in [2.75, 3.05) is 24.6 Å². The Hall–Kier alpha value is -0.710. The molecular weight excluding hydrogens is 238 g/mol. The number of rotatable bonds is 7. The van der Waals surface area contributed by atoms with Crippen LogP contribution in [0.1, 0.15) is 32.6 Å². The van der Waals surface area contributed by atoms with Crippen molar-refractivity contribution in [3.05, 3.63) is 0 Å². The van der Waals surface area contributed by atoms with Crippen LogP contribution >= 0.6 is 11.8 Å². The first-order valence-corrected chi connectivity index (χ1v) is 7.39. The highest BCUT2D eigenvalue weighted by atomic mass is 32.2. The Morgan fingerprint density at radius 3 is 2.76 bits per heavy atom. The van der Waals surface area contributed by atoms with Crippen LogP contribution in [0.25, 0.3) is 0 Å². The van der Waals surface area contributed by atoms with Gasteiger partial charge in [-0.25, -0.2) is 0 Å². The Labute approximate surface area is 107 Å². The highest BCUT2D eigenvalue weighted by molar-refractivity contribution is 7.99. The van der Waals surface area contributed by atoms with E-state index in [2.05, 4.69) is 6.92 Å². The van der Waals surface area contributed by atoms with Crippen LogP contribution in [0.3, 0.4) is 0 Å². The molecule has 1 unspecified atom stereocenters. The van der Waals surface area contributed by atoms with Gasteiger partial charge < -0.3 is 10.0 Å². The van der Waals surface area contributed by atoms with E-state index in [1.54, 1.807) is 4.90 Å². The number of carbonyl (C=O) groups excluding carboxylic acids is 1. The predicted molar refractivity (Wildman–Crippen MR) is 69.2 cm³/mol. The number of amides is 1. The summed E-state index contributed by atoms with van der Waals surface area (Å²) in [4.78, 5) is 24.2. The molecule has 1 amide bonds. The molecule has 1 fully saturated rings. The van der Waals surface area contributed by atoms with Crippen LogP contribution in [0.15, 0.2) is 0 Å². The second-order valence-corrected chi connectivity index (χ2v) is 5.60. The molecule has 1 aliphatic heterocycles. The number of hydrogen-bond acceptors (Lipinski definition) is 3. The van der Waals surface area contributed by atoms with Crippen molar-refractivity contribution in [3.63, 3.8) is 0 Å². The Morgan fingerprint density at radius 1 is 1.41 bits per heavy atom. The van der Waals surface area contributed by atoms with Crippen LogP contribution in [0, 0.1) is 5.92 Å². The Balaban J connectivity index is 2.14. The average Bonchev–Trinajstić information content (AvgIpc) is 2.78. The molecule has 4 nitrogen and oxygen atoms in total. The van der Waals surface area contributed by atoms with E-state index >= 15 is 0 Å². The fourth-order valence-electron chi connectivity index (χ4n) is 1.85. The molecule has 0 radical (unpaired) electrons. The lowest BCUT2D eigenvalue weighted by Gasteiger charge is -2.15. The molecule has 1 atom stereocenters. The minimum atomic E-state index is -0.780. The van der Waals surface area contributed by atoms with Crippen LogP contribution in [0.4, 0.5) is 0 Å². The summed E-state index contributed by atoms with van der Waals surface area (Å²) in [6.45, 7) is 3.16. The van der Waals surface area contributed by atoms with Crippen LogP contribution in [0.5, 0.6) is 0 Å². The fourth-order valence-corrected chi connectivity index (χ4v) is 2.87. The fraction of sp³-hybridized carbons (Fsp3) is 0.833. The van der Waals surface area contributed by atoms with E-state index in [9.17, 15) is 9.59 Å². The highest BCUT2D eigenvalue weighted by Gasteiger charge is 2.30. The van der Waals surface area contributed by atoms with E-state index in [0.29, 0.717) is 25.9 Å². The van der Waals surface area contributed by atoms with Crippen molar-refractivity contribution in [1.82, 2.24) is 4.90 Å². The first-order chi connectivity index (χ1) is 8.15. The summed E-state index contributed by atoms with van der Waals surface area (Å²) in [7, 11) is 0. The van der Waals surface area contributed by atoms with Crippen LogP contribution in [-0.4, -0.2) is 46.5 Å². The quantitative estimate of drug-likeness (QED) is 0.709. The maximum atomic E-state index is 11.8. The topological polar surface area (TPSA) is 57.6 Å². The Kier molecular flexibility index (Phi) is 6.40. The van der Waals surface area contributed by atoms with E-state index in [-0.39, 0.29) is 11.8 Å². The number of nitrogens with zero attached hydrogens (tertiary/aromatic N) is 1. The molecule has 0 saturated carbocycles. The summed E-state index contributed by atoms with van der Waals surface area (Å²) in [6.07, 6.45) is 3.53. The van der Waals surface area contributed by atoms with Crippen molar-refractivity contribution < 1.29 is 14.7 Å². The van der Waals surface area contributed by atoms with Crippen LogP contribution in [-0.2, 0) is 9.59 Å². The third-order valence-corrected chi connectivity index (χ3v) is 4.06. The van der Waals surface area contributed by atoms with Gasteiger partial charge in [0.15, 0.2) is 0 Å². The average molecular weight is 259 g/mol. The number of carboxylic acids is 1. The Morgan fingerprint density at radius 2 is 2.18 bits per heavy atom. The first kappa shape index (κ1) is 14.4. The zero-order valence-electron chi connectivity index (χ0n) is 10.4. The number of carboxylic acid groups (broad SMARTS) is 1. The number of aliphatic carboxylic acids is 1. The molecule has 1 N–H and O–H groups in total. The van der Waals surface area contributed by atoms with Crippen molar-refractivity contribution >= 4 is 23.6 Å². The molecule has 1 heterocycles. The predicted octanol–water partition coefficient (Wildman–Crippen LogP) is 1.84. The van der Waals surface area contributed by atoms with Crippen molar-refractivity contribution in [2.24, 2.45) is 5.92 Å². The van der Waals surface area contributed by atoms with E-state index in [0.717, 1.165) is 11.5 Å². The van der Waals surface area contributed by atoms with Gasteiger partial charge in [0.25, 0.3) is 0 Å². The molecule has 0 aromatic rings. The van der Waals surface area contributed by atoms with Gasteiger partial charge in [-0.2, -0.15) is 11.8 Å². The molecular formula is C12H21NO3S. The second kappa shape index (κ2) is 7.58. The molecule has 0 bridgehead atoms. The molecule has 0 spiro atoms. The van der Waals surface area contributed by atoms with Gasteiger partial charge in [0, 0.05) is 25.3 Å². The van der Waals surface area contributed by atoms with E-state index in [1.807, 2.05) is 11.8 Å². The third-order valence-electron chi connectivity index (χ3n) is 2.99. The summed E-state index contributed by atoms with van der Waals surface area (Å²) in [5.41, 5.74) is 0. The van der Waals surface area contributed by atoms with E-state index in [1.165, 1.54) is 12.8 Å². The van der Waals surface area contributed by atoms with Gasteiger partial charge in [-0.1, -0.05) is 13.3 Å². The summed E-state index contributed by atoms with van der Waals surface area (Å²) < 4.78 is 0. The van der Waals surface area contributed by atoms with Crippen LogP contribution < -0.4 is 0 Å². The second-order valence-electron chi connectivity index (χ2n) is 4.38. The van der Waals surface area contributed by atoms with E-state index in [4.69, 9.17) is 5.11 Å². The summed E-state index contributed by atoms with van der Waals surface area (Å²) in [5.74, 6) is 0.941. The maximum absolute atomic E-state index is 11.8. The monoisotopic (exact) mass is 259 g/mol. The third kappa shape index (κ3) is 4.98. The zero-order chi connectivity index (χ0) is 12.7. The van der Waals surface area contributed by atoms with Gasteiger partial charge in [-0.15, -0.1) is 0 Å². The molecule has 0 aromatic heterocycles. The normalized spacial score (nSPS) is 19.6. The van der Waals surface area contributed by atoms with Gasteiger partial charge in [0.2, 0.25) is 5.91 Å². The van der Waals surface area contributed by atoms with Crippen molar-refractivity contribution in [1.29, 1.82) is 0 Å².